The highest BCUT2D eigenvalue weighted by atomic mass is 16.1. The van der Waals surface area contributed by atoms with E-state index in [0.29, 0.717) is 11.7 Å². The van der Waals surface area contributed by atoms with Crippen molar-refractivity contribution in [2.24, 2.45) is 11.8 Å². The minimum Gasteiger partial charge on any atom is -0.294 e. The summed E-state index contributed by atoms with van der Waals surface area (Å²) < 4.78 is 0. The van der Waals surface area contributed by atoms with Crippen LogP contribution in [0.1, 0.15) is 68.3 Å². The zero-order valence-corrected chi connectivity index (χ0v) is 12.3. The van der Waals surface area contributed by atoms with E-state index in [1.807, 2.05) is 12.1 Å². The van der Waals surface area contributed by atoms with Crippen LogP contribution in [-0.4, -0.2) is 5.78 Å². The fourth-order valence-electron chi connectivity index (χ4n) is 3.12. The average Bonchev–Trinajstić information content (AvgIpc) is 2.88. The third kappa shape index (κ3) is 4.49. The predicted octanol–water partition coefficient (Wildman–Crippen LogP) is 5.04. The van der Waals surface area contributed by atoms with Crippen LogP contribution in [-0.2, 0) is 6.42 Å². The Morgan fingerprint density at radius 3 is 2.68 bits per heavy atom. The molecule has 1 aromatic rings. The Hall–Kier alpha value is -1.11. The van der Waals surface area contributed by atoms with Gasteiger partial charge in [-0.15, -0.1) is 0 Å². The summed E-state index contributed by atoms with van der Waals surface area (Å²) in [7, 11) is 0. The molecule has 0 heterocycles. The number of benzene rings is 1. The summed E-state index contributed by atoms with van der Waals surface area (Å²) in [5.74, 6) is 1.78. The zero-order valence-electron chi connectivity index (χ0n) is 12.3. The Morgan fingerprint density at radius 1 is 1.26 bits per heavy atom. The van der Waals surface area contributed by atoms with E-state index in [0.717, 1.165) is 30.7 Å². The van der Waals surface area contributed by atoms with Crippen molar-refractivity contribution in [3.8, 4) is 0 Å². The predicted molar refractivity (Wildman–Crippen MR) is 80.5 cm³/mol. The van der Waals surface area contributed by atoms with Crippen molar-refractivity contribution in [1.82, 2.24) is 0 Å². The topological polar surface area (TPSA) is 17.1 Å². The Morgan fingerprint density at radius 2 is 2.00 bits per heavy atom. The molecule has 0 spiro atoms. The van der Waals surface area contributed by atoms with Crippen molar-refractivity contribution in [2.75, 3.05) is 0 Å². The van der Waals surface area contributed by atoms with E-state index in [1.54, 1.807) is 0 Å². The van der Waals surface area contributed by atoms with Gasteiger partial charge in [-0.2, -0.15) is 0 Å². The molecule has 19 heavy (non-hydrogen) atoms. The molecule has 0 bridgehead atoms. The average molecular weight is 258 g/mol. The molecule has 0 aliphatic heterocycles. The maximum atomic E-state index is 12.2. The van der Waals surface area contributed by atoms with Gasteiger partial charge in [-0.05, 0) is 36.3 Å². The summed E-state index contributed by atoms with van der Waals surface area (Å²) in [5, 5.41) is 0. The number of Topliss-reactive ketones (excluding diaryl/α,β-unsaturated/α-hetero) is 1. The molecular formula is C18H26O. The van der Waals surface area contributed by atoms with Crippen molar-refractivity contribution >= 4 is 5.78 Å². The highest BCUT2D eigenvalue weighted by molar-refractivity contribution is 5.96. The smallest absolute Gasteiger partial charge is 0.162 e. The molecule has 1 heteroatoms. The summed E-state index contributed by atoms with van der Waals surface area (Å²) in [6.07, 6.45) is 8.28. The van der Waals surface area contributed by atoms with Gasteiger partial charge in [-0.25, -0.2) is 0 Å². The molecule has 1 aromatic carbocycles. The summed E-state index contributed by atoms with van der Waals surface area (Å²) in [4.78, 5) is 12.2. The van der Waals surface area contributed by atoms with Gasteiger partial charge in [0.2, 0.25) is 0 Å². The molecule has 2 rings (SSSR count). The highest BCUT2D eigenvalue weighted by Gasteiger charge is 2.16. The maximum absolute atomic E-state index is 12.2. The number of rotatable bonds is 6. The van der Waals surface area contributed by atoms with Gasteiger partial charge in [0.15, 0.2) is 5.78 Å². The molecule has 0 aromatic heterocycles. The van der Waals surface area contributed by atoms with Crippen LogP contribution in [0.2, 0.25) is 0 Å². The van der Waals surface area contributed by atoms with Crippen LogP contribution in [0.3, 0.4) is 0 Å². The summed E-state index contributed by atoms with van der Waals surface area (Å²) in [5.41, 5.74) is 2.21. The third-order valence-corrected chi connectivity index (χ3v) is 4.15. The summed E-state index contributed by atoms with van der Waals surface area (Å²) >= 11 is 0. The van der Waals surface area contributed by atoms with Crippen molar-refractivity contribution in [3.05, 3.63) is 35.4 Å². The number of carbonyl (C=O) groups is 1. The van der Waals surface area contributed by atoms with E-state index in [2.05, 4.69) is 26.0 Å². The molecule has 0 unspecified atom stereocenters. The molecule has 0 saturated heterocycles. The molecule has 0 N–H and O–H groups in total. The normalized spacial score (nSPS) is 16.2. The van der Waals surface area contributed by atoms with Crippen molar-refractivity contribution < 1.29 is 4.79 Å². The van der Waals surface area contributed by atoms with Gasteiger partial charge >= 0.3 is 0 Å². The first kappa shape index (κ1) is 14.3. The molecule has 1 aliphatic rings. The number of hydrogen-bond donors (Lipinski definition) is 0. The summed E-state index contributed by atoms with van der Waals surface area (Å²) in [6, 6.07) is 8.23. The number of carbonyl (C=O) groups excluding carboxylic acids is 1. The first-order chi connectivity index (χ1) is 9.15. The lowest BCUT2D eigenvalue weighted by Crippen LogP contribution is -2.04. The van der Waals surface area contributed by atoms with Crippen LogP contribution >= 0.6 is 0 Å². The largest absolute Gasteiger partial charge is 0.294 e. The maximum Gasteiger partial charge on any atom is 0.162 e. The van der Waals surface area contributed by atoms with E-state index in [-0.39, 0.29) is 0 Å². The second-order valence-corrected chi connectivity index (χ2v) is 6.41. The fraction of sp³-hybridized carbons (Fsp3) is 0.611. The van der Waals surface area contributed by atoms with Gasteiger partial charge < -0.3 is 0 Å². The lowest BCUT2D eigenvalue weighted by molar-refractivity contribution is 0.0974. The first-order valence-corrected chi connectivity index (χ1v) is 7.77. The highest BCUT2D eigenvalue weighted by Crippen LogP contribution is 2.29. The van der Waals surface area contributed by atoms with Crippen LogP contribution in [0.5, 0.6) is 0 Å². The number of ketones is 1. The first-order valence-electron chi connectivity index (χ1n) is 7.77. The molecule has 1 fully saturated rings. The van der Waals surface area contributed by atoms with Gasteiger partial charge in [-0.1, -0.05) is 57.7 Å². The Kier molecular flexibility index (Phi) is 5.18. The quantitative estimate of drug-likeness (QED) is 0.653. The minimum absolute atomic E-state index is 0.331. The van der Waals surface area contributed by atoms with Gasteiger partial charge in [-0.3, -0.25) is 4.79 Å². The lowest BCUT2D eigenvalue weighted by atomic mass is 9.95. The summed E-state index contributed by atoms with van der Waals surface area (Å²) in [6.45, 7) is 4.43. The van der Waals surface area contributed by atoms with Gasteiger partial charge in [0, 0.05) is 12.0 Å². The molecule has 0 amide bonds. The number of hydrogen-bond acceptors (Lipinski definition) is 1. The molecule has 0 radical (unpaired) electrons. The van der Waals surface area contributed by atoms with Crippen molar-refractivity contribution in [3.63, 3.8) is 0 Å². The van der Waals surface area contributed by atoms with Crippen LogP contribution in [0, 0.1) is 11.8 Å². The lowest BCUT2D eigenvalue weighted by Gasteiger charge is -2.09. The second kappa shape index (κ2) is 6.88. The molecule has 0 atom stereocenters. The SMILES string of the molecule is CC(C)Cc1cccc(C(=O)CCC2CCCC2)c1. The monoisotopic (exact) mass is 258 g/mol. The fourth-order valence-corrected chi connectivity index (χ4v) is 3.12. The molecule has 1 nitrogen and oxygen atoms in total. The van der Waals surface area contributed by atoms with Crippen LogP contribution in [0.15, 0.2) is 24.3 Å². The van der Waals surface area contributed by atoms with E-state index in [1.165, 1.54) is 31.2 Å². The molecule has 1 aliphatic carbocycles. The Bertz CT molecular complexity index is 413. The van der Waals surface area contributed by atoms with Gasteiger partial charge in [0.05, 0.1) is 0 Å². The van der Waals surface area contributed by atoms with E-state index >= 15 is 0 Å². The van der Waals surface area contributed by atoms with Crippen molar-refractivity contribution in [2.45, 2.75) is 58.8 Å². The van der Waals surface area contributed by atoms with Crippen molar-refractivity contribution in [1.29, 1.82) is 0 Å². The van der Waals surface area contributed by atoms with Gasteiger partial charge in [0.1, 0.15) is 0 Å². The molecule has 104 valence electrons. The zero-order chi connectivity index (χ0) is 13.7. The van der Waals surface area contributed by atoms with Crippen LogP contribution < -0.4 is 0 Å². The second-order valence-electron chi connectivity index (χ2n) is 6.41. The van der Waals surface area contributed by atoms with E-state index in [4.69, 9.17) is 0 Å². The van der Waals surface area contributed by atoms with E-state index < -0.39 is 0 Å². The third-order valence-electron chi connectivity index (χ3n) is 4.15. The molecular weight excluding hydrogens is 232 g/mol. The van der Waals surface area contributed by atoms with Gasteiger partial charge in [0.25, 0.3) is 0 Å². The molecule has 1 saturated carbocycles. The van der Waals surface area contributed by atoms with Crippen LogP contribution in [0.25, 0.3) is 0 Å². The van der Waals surface area contributed by atoms with Crippen LogP contribution in [0.4, 0.5) is 0 Å². The standard InChI is InChI=1S/C18H26O/c1-14(2)12-16-8-5-9-17(13-16)18(19)11-10-15-6-3-4-7-15/h5,8-9,13-15H,3-4,6-7,10-12H2,1-2H3. The Balaban J connectivity index is 1.90. The minimum atomic E-state index is 0.331. The Labute approximate surface area is 117 Å². The van der Waals surface area contributed by atoms with E-state index in [9.17, 15) is 4.79 Å².